The quantitative estimate of drug-likeness (QED) is 0.143. The second-order valence-corrected chi connectivity index (χ2v) is 15.7. The molecule has 0 fully saturated rings. The van der Waals surface area contributed by atoms with Crippen LogP contribution in [0.3, 0.4) is 0 Å². The molecule has 0 radical (unpaired) electrons. The molecule has 0 aliphatic heterocycles. The third-order valence-electron chi connectivity index (χ3n) is 11.9. The lowest BCUT2D eigenvalue weighted by Gasteiger charge is -2.14. The molecule has 0 saturated carbocycles. The van der Waals surface area contributed by atoms with Gasteiger partial charge in [-0.25, -0.2) is 9.97 Å². The van der Waals surface area contributed by atoms with Crippen LogP contribution in [0.4, 0.5) is 0 Å². The van der Waals surface area contributed by atoms with Crippen molar-refractivity contribution in [1.29, 1.82) is 0 Å². The van der Waals surface area contributed by atoms with E-state index in [2.05, 4.69) is 243 Å². The van der Waals surface area contributed by atoms with Gasteiger partial charge in [-0.05, 0) is 95.7 Å². The summed E-state index contributed by atoms with van der Waals surface area (Å²) in [4.78, 5) is 10.7. The summed E-state index contributed by atoms with van der Waals surface area (Å²) >= 11 is 0. The van der Waals surface area contributed by atoms with Crippen LogP contribution in [0, 0.1) is 0 Å². The van der Waals surface area contributed by atoms with E-state index in [-0.39, 0.29) is 0 Å². The molecule has 290 valence electrons. The van der Waals surface area contributed by atoms with Crippen LogP contribution < -0.4 is 0 Å². The van der Waals surface area contributed by atoms with E-state index in [1.54, 1.807) is 0 Å². The first-order valence-corrected chi connectivity index (χ1v) is 21.1. The topological polar surface area (TPSA) is 25.8 Å². The first kappa shape index (κ1) is 36.8. The Morgan fingerprint density at radius 2 is 0.645 bits per heavy atom. The van der Waals surface area contributed by atoms with E-state index in [1.165, 1.54) is 44.5 Å². The van der Waals surface area contributed by atoms with Gasteiger partial charge in [-0.2, -0.15) is 0 Å². The summed E-state index contributed by atoms with van der Waals surface area (Å²) < 4.78 is 0. The number of benzene rings is 10. The average molecular weight is 789 g/mol. The second-order valence-electron chi connectivity index (χ2n) is 15.7. The maximum atomic E-state index is 5.43. The van der Waals surface area contributed by atoms with Crippen LogP contribution >= 0.6 is 0 Å². The van der Waals surface area contributed by atoms with Crippen LogP contribution in [0.2, 0.25) is 0 Å². The van der Waals surface area contributed by atoms with Gasteiger partial charge in [0, 0.05) is 16.5 Å². The molecule has 1 heterocycles. The summed E-state index contributed by atoms with van der Waals surface area (Å²) in [6, 6.07) is 86.5. The van der Waals surface area contributed by atoms with E-state index in [0.717, 1.165) is 60.8 Å². The van der Waals surface area contributed by atoms with Crippen LogP contribution in [0.1, 0.15) is 0 Å². The van der Waals surface area contributed by atoms with Gasteiger partial charge in [0.05, 0.1) is 11.2 Å². The first-order chi connectivity index (χ1) is 30.7. The molecule has 2 heteroatoms. The number of hydrogen-bond acceptors (Lipinski definition) is 2. The standard InChI is InChI=1S/C60H40N2/c1-3-15-43(16-4-1)52-24-9-11-26-54(52)46-33-29-41(30-34-46)48-20-13-22-50(39-48)59-58-56-28-8-7-19-45(56)37-38-57(58)61-60(62-59)51-23-14-21-49(40-51)42-31-35-47(36-32-42)55-27-12-10-25-53(55)44-17-5-2-6-18-44/h1-40H. The number of nitrogens with zero attached hydrogens (tertiary/aromatic N) is 2. The molecule has 0 bridgehead atoms. The molecule has 62 heavy (non-hydrogen) atoms. The molecule has 11 aromatic rings. The Bertz CT molecular complexity index is 3370. The van der Waals surface area contributed by atoms with Crippen LogP contribution in [-0.4, -0.2) is 9.97 Å². The molecule has 0 unspecified atom stereocenters. The van der Waals surface area contributed by atoms with Crippen molar-refractivity contribution in [1.82, 2.24) is 9.97 Å². The predicted molar refractivity (Wildman–Crippen MR) is 261 cm³/mol. The molecular formula is C60H40N2. The highest BCUT2D eigenvalue weighted by Crippen LogP contribution is 2.39. The maximum Gasteiger partial charge on any atom is 0.160 e. The number of fused-ring (bicyclic) bond motifs is 3. The zero-order valence-corrected chi connectivity index (χ0v) is 34.0. The van der Waals surface area contributed by atoms with E-state index < -0.39 is 0 Å². The lowest BCUT2D eigenvalue weighted by Crippen LogP contribution is -1.96. The molecule has 0 saturated heterocycles. The Hall–Kier alpha value is -8.20. The molecule has 2 nitrogen and oxygen atoms in total. The maximum absolute atomic E-state index is 5.43. The van der Waals surface area contributed by atoms with Crippen molar-refractivity contribution in [2.75, 3.05) is 0 Å². The Morgan fingerprint density at radius 1 is 0.242 bits per heavy atom. The molecule has 0 aliphatic rings. The fourth-order valence-electron chi connectivity index (χ4n) is 8.82. The molecule has 11 rings (SSSR count). The van der Waals surface area contributed by atoms with E-state index >= 15 is 0 Å². The summed E-state index contributed by atoms with van der Waals surface area (Å²) in [5.74, 6) is 0.699. The van der Waals surface area contributed by atoms with Crippen molar-refractivity contribution in [3.63, 3.8) is 0 Å². The molecular weight excluding hydrogens is 749 g/mol. The summed E-state index contributed by atoms with van der Waals surface area (Å²) in [6.45, 7) is 0. The van der Waals surface area contributed by atoms with E-state index in [1.807, 2.05) is 0 Å². The van der Waals surface area contributed by atoms with E-state index in [0.29, 0.717) is 5.82 Å². The fraction of sp³-hybridized carbons (Fsp3) is 0. The zero-order valence-electron chi connectivity index (χ0n) is 34.0. The summed E-state index contributed by atoms with van der Waals surface area (Å²) in [5.41, 5.74) is 18.1. The van der Waals surface area contributed by atoms with Gasteiger partial charge in [0.25, 0.3) is 0 Å². The average Bonchev–Trinajstić information content (AvgIpc) is 3.36. The van der Waals surface area contributed by atoms with Crippen molar-refractivity contribution < 1.29 is 0 Å². The molecule has 1 aromatic heterocycles. The molecule has 0 aliphatic carbocycles. The summed E-state index contributed by atoms with van der Waals surface area (Å²) in [5, 5.41) is 3.36. The minimum Gasteiger partial charge on any atom is -0.228 e. The normalized spacial score (nSPS) is 11.2. The highest BCUT2D eigenvalue weighted by Gasteiger charge is 2.16. The lowest BCUT2D eigenvalue weighted by atomic mass is 9.93. The highest BCUT2D eigenvalue weighted by molar-refractivity contribution is 6.12. The van der Waals surface area contributed by atoms with Crippen molar-refractivity contribution in [3.05, 3.63) is 243 Å². The minimum absolute atomic E-state index is 0.699. The van der Waals surface area contributed by atoms with Crippen molar-refractivity contribution >= 4 is 21.7 Å². The first-order valence-electron chi connectivity index (χ1n) is 21.1. The van der Waals surface area contributed by atoms with Gasteiger partial charge in [0.1, 0.15) is 0 Å². The largest absolute Gasteiger partial charge is 0.228 e. The highest BCUT2D eigenvalue weighted by atomic mass is 14.9. The molecule has 10 aromatic carbocycles. The van der Waals surface area contributed by atoms with Gasteiger partial charge in [-0.1, -0.05) is 224 Å². The Morgan fingerprint density at radius 3 is 1.19 bits per heavy atom. The third-order valence-corrected chi connectivity index (χ3v) is 11.9. The Balaban J connectivity index is 0.962. The van der Waals surface area contributed by atoms with Crippen LogP contribution in [-0.2, 0) is 0 Å². The summed E-state index contributed by atoms with van der Waals surface area (Å²) in [6.07, 6.45) is 0. The SMILES string of the molecule is c1ccc(-c2ccccc2-c2ccc(-c3cccc(-c4nc(-c5cccc(-c6ccc(-c7ccccc7-c7ccccc7)cc6)c5)c5c(ccc6ccccc65)n4)c3)cc2)cc1. The van der Waals surface area contributed by atoms with Crippen molar-refractivity contribution in [2.24, 2.45) is 0 Å². The molecule has 0 amide bonds. The predicted octanol–water partition coefficient (Wildman–Crippen LogP) is 16.1. The van der Waals surface area contributed by atoms with Gasteiger partial charge < -0.3 is 0 Å². The van der Waals surface area contributed by atoms with E-state index in [4.69, 9.17) is 9.97 Å². The smallest absolute Gasteiger partial charge is 0.160 e. The van der Waals surface area contributed by atoms with Crippen LogP contribution in [0.25, 0.3) is 111 Å². The van der Waals surface area contributed by atoms with Gasteiger partial charge in [-0.3, -0.25) is 0 Å². The summed E-state index contributed by atoms with van der Waals surface area (Å²) in [7, 11) is 0. The van der Waals surface area contributed by atoms with Crippen LogP contribution in [0.15, 0.2) is 243 Å². The molecule has 0 spiro atoms. The van der Waals surface area contributed by atoms with Crippen LogP contribution in [0.5, 0.6) is 0 Å². The Kier molecular flexibility index (Phi) is 9.57. The zero-order chi connectivity index (χ0) is 41.2. The lowest BCUT2D eigenvalue weighted by molar-refractivity contribution is 1.23. The van der Waals surface area contributed by atoms with Gasteiger partial charge >= 0.3 is 0 Å². The molecule has 0 atom stereocenters. The third kappa shape index (κ3) is 7.04. The monoisotopic (exact) mass is 788 g/mol. The Labute approximate surface area is 362 Å². The molecule has 0 N–H and O–H groups in total. The minimum atomic E-state index is 0.699. The van der Waals surface area contributed by atoms with Crippen molar-refractivity contribution in [3.8, 4) is 89.4 Å². The number of hydrogen-bond donors (Lipinski definition) is 0. The number of rotatable bonds is 8. The van der Waals surface area contributed by atoms with Gasteiger partial charge in [0.15, 0.2) is 5.82 Å². The second kappa shape index (κ2) is 16.1. The van der Waals surface area contributed by atoms with E-state index in [9.17, 15) is 0 Å². The van der Waals surface area contributed by atoms with Gasteiger partial charge in [0.2, 0.25) is 0 Å². The number of aromatic nitrogens is 2. The fourth-order valence-corrected chi connectivity index (χ4v) is 8.82. The van der Waals surface area contributed by atoms with Gasteiger partial charge in [-0.15, -0.1) is 0 Å². The van der Waals surface area contributed by atoms with Crippen molar-refractivity contribution in [2.45, 2.75) is 0 Å².